The van der Waals surface area contributed by atoms with Gasteiger partial charge in [0.1, 0.15) is 0 Å². The van der Waals surface area contributed by atoms with Crippen LogP contribution in [-0.4, -0.2) is 28.6 Å². The molecule has 0 bridgehead atoms. The van der Waals surface area contributed by atoms with Crippen LogP contribution >= 0.6 is 0 Å². The van der Waals surface area contributed by atoms with Crippen molar-refractivity contribution in [1.29, 1.82) is 0 Å². The fraction of sp³-hybridized carbons (Fsp3) is 0.192. The number of aliphatic hydroxyl groups is 1. The smallest absolute Gasteiger partial charge is 0.258 e. The first-order valence-corrected chi connectivity index (χ1v) is 10.6. The number of benzene rings is 3. The first-order chi connectivity index (χ1) is 15.1. The number of nitrogens with zero attached hydrogens (tertiary/aromatic N) is 1. The van der Waals surface area contributed by atoms with Crippen LogP contribution in [0.5, 0.6) is 0 Å². The van der Waals surface area contributed by atoms with E-state index in [0.29, 0.717) is 12.1 Å². The number of carbonyl (C=O) groups excluding carboxylic acids is 1. The highest BCUT2D eigenvalue weighted by Gasteiger charge is 2.24. The van der Waals surface area contributed by atoms with Gasteiger partial charge >= 0.3 is 0 Å². The lowest BCUT2D eigenvalue weighted by molar-refractivity contribution is 0.0987. The van der Waals surface area contributed by atoms with Gasteiger partial charge in [-0.3, -0.25) is 4.79 Å². The molecule has 5 rings (SSSR count). The summed E-state index contributed by atoms with van der Waals surface area (Å²) < 4.78 is 0. The third kappa shape index (κ3) is 3.57. The number of carbonyl (C=O) groups is 1. The summed E-state index contributed by atoms with van der Waals surface area (Å²) in [7, 11) is 0. The highest BCUT2D eigenvalue weighted by Crippen LogP contribution is 2.32. The summed E-state index contributed by atoms with van der Waals surface area (Å²) in [6, 6.07) is 22.0. The second kappa shape index (κ2) is 7.93. The molecule has 0 radical (unpaired) electrons. The molecule has 5 nitrogen and oxygen atoms in total. The molecule has 1 aliphatic rings. The van der Waals surface area contributed by atoms with Gasteiger partial charge in [-0.05, 0) is 77.9 Å². The number of amides is 1. The Labute approximate surface area is 181 Å². The average Bonchev–Trinajstić information content (AvgIpc) is 3.20. The van der Waals surface area contributed by atoms with E-state index in [-0.39, 0.29) is 18.6 Å². The molecule has 4 aromatic rings. The lowest BCUT2D eigenvalue weighted by Crippen LogP contribution is -2.32. The molecular formula is C26H25N3O2. The molecule has 1 aromatic heterocycles. The number of nitrogens with one attached hydrogen (secondary N) is 2. The highest BCUT2D eigenvalue weighted by molar-refractivity contribution is 6.08. The van der Waals surface area contributed by atoms with Gasteiger partial charge in [-0.2, -0.15) is 0 Å². The van der Waals surface area contributed by atoms with E-state index in [4.69, 9.17) is 0 Å². The summed E-state index contributed by atoms with van der Waals surface area (Å²) in [6.45, 7) is 2.64. The zero-order valence-corrected chi connectivity index (χ0v) is 17.4. The van der Waals surface area contributed by atoms with Crippen LogP contribution in [0.4, 0.5) is 11.4 Å². The van der Waals surface area contributed by atoms with Crippen LogP contribution in [0.15, 0.2) is 72.9 Å². The molecule has 0 spiro atoms. The predicted octanol–water partition coefficient (Wildman–Crippen LogP) is 5.18. The largest absolute Gasteiger partial charge is 0.392 e. The van der Waals surface area contributed by atoms with Crippen molar-refractivity contribution >= 4 is 28.2 Å². The quantitative estimate of drug-likeness (QED) is 0.435. The van der Waals surface area contributed by atoms with Crippen molar-refractivity contribution < 1.29 is 9.90 Å². The number of aliphatic hydroxyl groups excluding tert-OH is 1. The minimum absolute atomic E-state index is 0.0503. The van der Waals surface area contributed by atoms with Crippen LogP contribution < -0.4 is 10.2 Å². The fourth-order valence-electron chi connectivity index (χ4n) is 4.34. The number of aromatic amines is 1. The van der Waals surface area contributed by atoms with E-state index in [1.165, 1.54) is 0 Å². The van der Waals surface area contributed by atoms with Crippen molar-refractivity contribution in [1.82, 2.24) is 4.98 Å². The summed E-state index contributed by atoms with van der Waals surface area (Å²) in [5.41, 5.74) is 6.23. The topological polar surface area (TPSA) is 68.4 Å². The fourth-order valence-corrected chi connectivity index (χ4v) is 4.34. The SMILES string of the molecule is CC1CCN(C(=O)c2ccc(-c3ccc4[nH]ccc4c3)c(CO)c2)c2ccccc2N1. The summed E-state index contributed by atoms with van der Waals surface area (Å²) in [5.74, 6) is -0.0503. The Balaban J connectivity index is 1.51. The van der Waals surface area contributed by atoms with Gasteiger partial charge < -0.3 is 20.3 Å². The molecule has 3 N–H and O–H groups in total. The number of para-hydroxylation sites is 2. The number of hydrogen-bond acceptors (Lipinski definition) is 3. The second-order valence-corrected chi connectivity index (χ2v) is 8.12. The number of anilines is 2. The average molecular weight is 412 g/mol. The molecule has 0 saturated heterocycles. The first kappa shape index (κ1) is 19.4. The van der Waals surface area contributed by atoms with Crippen LogP contribution in [0.1, 0.15) is 29.3 Å². The first-order valence-electron chi connectivity index (χ1n) is 10.6. The van der Waals surface area contributed by atoms with Crippen molar-refractivity contribution in [2.75, 3.05) is 16.8 Å². The van der Waals surface area contributed by atoms with Crippen LogP contribution in [-0.2, 0) is 6.61 Å². The van der Waals surface area contributed by atoms with Crippen molar-refractivity contribution in [2.24, 2.45) is 0 Å². The number of rotatable bonds is 3. The molecule has 1 atom stereocenters. The normalized spacial score (nSPS) is 15.9. The van der Waals surface area contributed by atoms with Gasteiger partial charge in [-0.25, -0.2) is 0 Å². The van der Waals surface area contributed by atoms with E-state index in [2.05, 4.69) is 23.3 Å². The molecule has 156 valence electrons. The summed E-state index contributed by atoms with van der Waals surface area (Å²) >= 11 is 0. The number of fused-ring (bicyclic) bond motifs is 2. The lowest BCUT2D eigenvalue weighted by atomic mass is 9.96. The molecule has 1 aliphatic heterocycles. The van der Waals surface area contributed by atoms with Crippen LogP contribution in [0.3, 0.4) is 0 Å². The van der Waals surface area contributed by atoms with E-state index in [1.54, 1.807) is 0 Å². The van der Waals surface area contributed by atoms with E-state index in [9.17, 15) is 9.90 Å². The van der Waals surface area contributed by atoms with Gasteiger partial charge in [0.25, 0.3) is 5.91 Å². The Morgan fingerprint density at radius 2 is 1.97 bits per heavy atom. The van der Waals surface area contributed by atoms with Gasteiger partial charge in [0.05, 0.1) is 18.0 Å². The molecule has 5 heteroatoms. The minimum Gasteiger partial charge on any atom is -0.392 e. The summed E-state index contributed by atoms with van der Waals surface area (Å²) in [6.07, 6.45) is 2.78. The van der Waals surface area contributed by atoms with Crippen LogP contribution in [0.25, 0.3) is 22.0 Å². The molecule has 2 heterocycles. The number of H-pyrrole nitrogens is 1. The zero-order valence-electron chi connectivity index (χ0n) is 17.4. The Hall–Kier alpha value is -3.57. The lowest BCUT2D eigenvalue weighted by Gasteiger charge is -2.23. The molecule has 0 aliphatic carbocycles. The van der Waals surface area contributed by atoms with Gasteiger partial charge in [0, 0.05) is 29.9 Å². The summed E-state index contributed by atoms with van der Waals surface area (Å²) in [5, 5.41) is 14.7. The van der Waals surface area contributed by atoms with Gasteiger partial charge in [-0.1, -0.05) is 24.3 Å². The van der Waals surface area contributed by atoms with E-state index in [0.717, 1.165) is 45.4 Å². The monoisotopic (exact) mass is 411 g/mol. The molecular weight excluding hydrogens is 386 g/mol. The van der Waals surface area contributed by atoms with Crippen molar-refractivity contribution in [3.63, 3.8) is 0 Å². The van der Waals surface area contributed by atoms with Crippen molar-refractivity contribution in [2.45, 2.75) is 26.0 Å². The molecule has 31 heavy (non-hydrogen) atoms. The van der Waals surface area contributed by atoms with E-state index >= 15 is 0 Å². The molecule has 0 fully saturated rings. The van der Waals surface area contributed by atoms with E-state index in [1.807, 2.05) is 71.8 Å². The summed E-state index contributed by atoms with van der Waals surface area (Å²) in [4.78, 5) is 18.5. The van der Waals surface area contributed by atoms with Gasteiger partial charge in [-0.15, -0.1) is 0 Å². The molecule has 0 saturated carbocycles. The predicted molar refractivity (Wildman–Crippen MR) is 125 cm³/mol. The molecule has 1 amide bonds. The Bertz CT molecular complexity index is 1260. The van der Waals surface area contributed by atoms with Crippen molar-refractivity contribution in [3.8, 4) is 11.1 Å². The van der Waals surface area contributed by atoms with Gasteiger partial charge in [0.15, 0.2) is 0 Å². The third-order valence-corrected chi connectivity index (χ3v) is 6.01. The van der Waals surface area contributed by atoms with E-state index < -0.39 is 0 Å². The maximum atomic E-state index is 13.5. The third-order valence-electron chi connectivity index (χ3n) is 6.01. The number of aromatic nitrogens is 1. The molecule has 1 unspecified atom stereocenters. The number of hydrogen-bond donors (Lipinski definition) is 3. The molecule has 3 aromatic carbocycles. The maximum Gasteiger partial charge on any atom is 0.258 e. The maximum absolute atomic E-state index is 13.5. The van der Waals surface area contributed by atoms with Gasteiger partial charge in [0.2, 0.25) is 0 Å². The second-order valence-electron chi connectivity index (χ2n) is 8.12. The highest BCUT2D eigenvalue weighted by atomic mass is 16.3. The Kier molecular flexibility index (Phi) is 4.96. The standard InChI is InChI=1S/C26H25N3O2/c1-17-11-13-29(25-5-3-2-4-24(25)28-17)26(31)20-6-8-22(21(15-20)16-30)18-7-9-23-19(14-18)10-12-27-23/h2-10,12,14-15,17,27-28,30H,11,13,16H2,1H3. The van der Waals surface area contributed by atoms with Crippen molar-refractivity contribution in [3.05, 3.63) is 84.1 Å². The Morgan fingerprint density at radius 1 is 1.10 bits per heavy atom. The van der Waals surface area contributed by atoms with Crippen LogP contribution in [0.2, 0.25) is 0 Å². The van der Waals surface area contributed by atoms with Crippen LogP contribution in [0, 0.1) is 0 Å². The Morgan fingerprint density at radius 3 is 2.84 bits per heavy atom. The zero-order chi connectivity index (χ0) is 21.4. The minimum atomic E-state index is -0.128.